The lowest BCUT2D eigenvalue weighted by atomic mass is 10.3. The van der Waals surface area contributed by atoms with Crippen LogP contribution in [0, 0.1) is 11.8 Å². The van der Waals surface area contributed by atoms with Crippen LogP contribution in [0.2, 0.25) is 0 Å². The van der Waals surface area contributed by atoms with Crippen molar-refractivity contribution in [2.24, 2.45) is 11.8 Å². The Balaban J connectivity index is 1.53. The van der Waals surface area contributed by atoms with E-state index in [0.29, 0.717) is 13.0 Å². The van der Waals surface area contributed by atoms with Crippen LogP contribution in [0.4, 0.5) is 0 Å². The Bertz CT molecular complexity index is 316. The van der Waals surface area contributed by atoms with Gasteiger partial charge in [0.2, 0.25) is 5.91 Å². The SMILES string of the molecule is O=C(O)[C@H]1C[C@H]1C(=O)NCCCN1CCNCC1. The molecule has 1 amide bonds. The number of piperazine rings is 1. The van der Waals surface area contributed by atoms with Crippen molar-refractivity contribution in [1.82, 2.24) is 15.5 Å². The quantitative estimate of drug-likeness (QED) is 0.537. The van der Waals surface area contributed by atoms with Crippen LogP contribution in [0.15, 0.2) is 0 Å². The third-order valence-electron chi connectivity index (χ3n) is 3.60. The van der Waals surface area contributed by atoms with Gasteiger partial charge in [0, 0.05) is 32.7 Å². The minimum atomic E-state index is -0.851. The van der Waals surface area contributed by atoms with Crippen molar-refractivity contribution in [2.45, 2.75) is 12.8 Å². The molecule has 1 aliphatic carbocycles. The fraction of sp³-hybridized carbons (Fsp3) is 0.833. The van der Waals surface area contributed by atoms with Gasteiger partial charge in [0.25, 0.3) is 0 Å². The highest BCUT2D eigenvalue weighted by atomic mass is 16.4. The number of nitrogens with one attached hydrogen (secondary N) is 2. The Morgan fingerprint density at radius 2 is 2.00 bits per heavy atom. The van der Waals surface area contributed by atoms with E-state index < -0.39 is 11.9 Å². The Morgan fingerprint density at radius 3 is 2.61 bits per heavy atom. The molecule has 3 N–H and O–H groups in total. The summed E-state index contributed by atoms with van der Waals surface area (Å²) in [6.07, 6.45) is 1.43. The maximum absolute atomic E-state index is 11.6. The van der Waals surface area contributed by atoms with Gasteiger partial charge in [-0.15, -0.1) is 0 Å². The number of aliphatic carboxylic acids is 1. The van der Waals surface area contributed by atoms with Crippen molar-refractivity contribution in [3.63, 3.8) is 0 Å². The van der Waals surface area contributed by atoms with E-state index in [1.807, 2.05) is 0 Å². The summed E-state index contributed by atoms with van der Waals surface area (Å²) in [5.41, 5.74) is 0. The number of hydrogen-bond donors (Lipinski definition) is 3. The number of carboxylic acid groups (broad SMARTS) is 1. The largest absolute Gasteiger partial charge is 0.481 e. The summed E-state index contributed by atoms with van der Waals surface area (Å²) >= 11 is 0. The Hall–Kier alpha value is -1.14. The fourth-order valence-electron chi connectivity index (χ4n) is 2.34. The summed E-state index contributed by atoms with van der Waals surface area (Å²) in [4.78, 5) is 24.6. The number of amides is 1. The monoisotopic (exact) mass is 255 g/mol. The summed E-state index contributed by atoms with van der Waals surface area (Å²) in [6, 6.07) is 0. The lowest BCUT2D eigenvalue weighted by molar-refractivity contribution is -0.140. The molecule has 102 valence electrons. The molecule has 6 heteroatoms. The first-order valence-corrected chi connectivity index (χ1v) is 6.62. The highest BCUT2D eigenvalue weighted by Crippen LogP contribution is 2.38. The number of hydrogen-bond acceptors (Lipinski definition) is 4. The Kier molecular flexibility index (Phi) is 4.54. The summed E-state index contributed by atoms with van der Waals surface area (Å²) < 4.78 is 0. The molecule has 0 aromatic heterocycles. The molecule has 2 rings (SSSR count). The lowest BCUT2D eigenvalue weighted by Gasteiger charge is -2.27. The van der Waals surface area contributed by atoms with Crippen LogP contribution in [0.3, 0.4) is 0 Å². The first-order chi connectivity index (χ1) is 8.68. The van der Waals surface area contributed by atoms with E-state index in [1.165, 1.54) is 0 Å². The predicted molar refractivity (Wildman–Crippen MR) is 66.2 cm³/mol. The molecule has 0 unspecified atom stereocenters. The van der Waals surface area contributed by atoms with Gasteiger partial charge >= 0.3 is 5.97 Å². The van der Waals surface area contributed by atoms with Gasteiger partial charge in [0.05, 0.1) is 11.8 Å². The van der Waals surface area contributed by atoms with E-state index in [1.54, 1.807) is 0 Å². The molecule has 2 atom stereocenters. The van der Waals surface area contributed by atoms with E-state index in [4.69, 9.17) is 5.11 Å². The summed E-state index contributed by atoms with van der Waals surface area (Å²) in [5, 5.41) is 14.8. The number of carbonyl (C=O) groups excluding carboxylic acids is 1. The van der Waals surface area contributed by atoms with Crippen molar-refractivity contribution in [1.29, 1.82) is 0 Å². The first-order valence-electron chi connectivity index (χ1n) is 6.62. The summed E-state index contributed by atoms with van der Waals surface area (Å²) in [7, 11) is 0. The van der Waals surface area contributed by atoms with Gasteiger partial charge in [-0.3, -0.25) is 9.59 Å². The van der Waals surface area contributed by atoms with Crippen LogP contribution in [0.5, 0.6) is 0 Å². The second kappa shape index (κ2) is 6.15. The van der Waals surface area contributed by atoms with Crippen molar-refractivity contribution >= 4 is 11.9 Å². The molecule has 1 saturated carbocycles. The third kappa shape index (κ3) is 3.68. The van der Waals surface area contributed by atoms with Gasteiger partial charge in [-0.05, 0) is 19.4 Å². The van der Waals surface area contributed by atoms with Crippen LogP contribution in [-0.4, -0.2) is 61.2 Å². The maximum atomic E-state index is 11.6. The van der Waals surface area contributed by atoms with Gasteiger partial charge in [0.15, 0.2) is 0 Å². The zero-order valence-corrected chi connectivity index (χ0v) is 10.5. The molecule has 0 spiro atoms. The summed E-state index contributed by atoms with van der Waals surface area (Å²) in [6.45, 7) is 5.85. The highest BCUT2D eigenvalue weighted by molar-refractivity contribution is 5.89. The maximum Gasteiger partial charge on any atom is 0.307 e. The summed E-state index contributed by atoms with van der Waals surface area (Å²) in [5.74, 6) is -1.68. The van der Waals surface area contributed by atoms with Crippen molar-refractivity contribution < 1.29 is 14.7 Å². The molecule has 0 aromatic rings. The highest BCUT2D eigenvalue weighted by Gasteiger charge is 2.48. The molecule has 6 nitrogen and oxygen atoms in total. The van der Waals surface area contributed by atoms with E-state index in [-0.39, 0.29) is 11.8 Å². The molecule has 0 radical (unpaired) electrons. The van der Waals surface area contributed by atoms with Crippen LogP contribution in [0.1, 0.15) is 12.8 Å². The van der Waals surface area contributed by atoms with E-state index >= 15 is 0 Å². The molecule has 1 heterocycles. The van der Waals surface area contributed by atoms with Gasteiger partial charge < -0.3 is 20.6 Å². The second-order valence-electron chi connectivity index (χ2n) is 5.02. The average molecular weight is 255 g/mol. The van der Waals surface area contributed by atoms with Crippen LogP contribution in [0.25, 0.3) is 0 Å². The van der Waals surface area contributed by atoms with Gasteiger partial charge in [-0.1, -0.05) is 0 Å². The van der Waals surface area contributed by atoms with Gasteiger partial charge in [0.1, 0.15) is 0 Å². The van der Waals surface area contributed by atoms with Crippen LogP contribution >= 0.6 is 0 Å². The molecule has 0 bridgehead atoms. The molecular formula is C12H21N3O3. The van der Waals surface area contributed by atoms with Gasteiger partial charge in [-0.2, -0.15) is 0 Å². The zero-order chi connectivity index (χ0) is 13.0. The van der Waals surface area contributed by atoms with Crippen molar-refractivity contribution in [3.05, 3.63) is 0 Å². The number of carboxylic acids is 1. The Labute approximate surface area is 107 Å². The first kappa shape index (κ1) is 13.3. The minimum Gasteiger partial charge on any atom is -0.481 e. The average Bonchev–Trinajstić information content (AvgIpc) is 3.16. The number of carbonyl (C=O) groups is 2. The van der Waals surface area contributed by atoms with E-state index in [9.17, 15) is 9.59 Å². The lowest BCUT2D eigenvalue weighted by Crippen LogP contribution is -2.44. The standard InChI is InChI=1S/C12H21N3O3/c16-11(9-8-10(9)12(17)18)14-2-1-5-15-6-3-13-4-7-15/h9-10,13H,1-8H2,(H,14,16)(H,17,18)/t9-,10+/m1/s1. The third-order valence-corrected chi connectivity index (χ3v) is 3.60. The second-order valence-corrected chi connectivity index (χ2v) is 5.02. The smallest absolute Gasteiger partial charge is 0.307 e. The zero-order valence-electron chi connectivity index (χ0n) is 10.5. The topological polar surface area (TPSA) is 81.7 Å². The molecule has 0 aromatic carbocycles. The van der Waals surface area contributed by atoms with E-state index in [0.717, 1.165) is 39.1 Å². The van der Waals surface area contributed by atoms with Crippen molar-refractivity contribution in [2.75, 3.05) is 39.3 Å². The van der Waals surface area contributed by atoms with Gasteiger partial charge in [-0.25, -0.2) is 0 Å². The van der Waals surface area contributed by atoms with E-state index in [2.05, 4.69) is 15.5 Å². The number of nitrogens with zero attached hydrogens (tertiary/aromatic N) is 1. The predicted octanol–water partition coefficient (Wildman–Crippen LogP) is -0.881. The number of rotatable bonds is 6. The molecule has 1 aliphatic heterocycles. The fourth-order valence-corrected chi connectivity index (χ4v) is 2.34. The molecule has 2 fully saturated rings. The molecule has 1 saturated heterocycles. The molecular weight excluding hydrogens is 234 g/mol. The Morgan fingerprint density at radius 1 is 1.28 bits per heavy atom. The van der Waals surface area contributed by atoms with Crippen LogP contribution in [-0.2, 0) is 9.59 Å². The molecule has 18 heavy (non-hydrogen) atoms. The molecule has 2 aliphatic rings. The van der Waals surface area contributed by atoms with Crippen molar-refractivity contribution in [3.8, 4) is 0 Å². The van der Waals surface area contributed by atoms with Crippen LogP contribution < -0.4 is 10.6 Å². The normalized spacial score (nSPS) is 27.8. The minimum absolute atomic E-state index is 0.0947.